The second kappa shape index (κ2) is 6.76. The zero-order valence-corrected chi connectivity index (χ0v) is 11.3. The molecule has 0 spiro atoms. The molecule has 1 heterocycles. The fourth-order valence-corrected chi connectivity index (χ4v) is 2.49. The summed E-state index contributed by atoms with van der Waals surface area (Å²) < 4.78 is 5.69. The van der Waals surface area contributed by atoms with Gasteiger partial charge in [0, 0.05) is 25.4 Å². The van der Waals surface area contributed by atoms with Crippen molar-refractivity contribution < 1.29 is 4.74 Å². The van der Waals surface area contributed by atoms with Gasteiger partial charge in [0.15, 0.2) is 0 Å². The molecule has 100 valence electrons. The molecule has 1 fully saturated rings. The lowest BCUT2D eigenvalue weighted by Gasteiger charge is -2.23. The van der Waals surface area contributed by atoms with Crippen LogP contribution in [-0.4, -0.2) is 37.2 Å². The number of anilines is 1. The van der Waals surface area contributed by atoms with Gasteiger partial charge in [-0.15, -0.1) is 0 Å². The maximum absolute atomic E-state index is 5.80. The molecule has 2 rings (SSSR count). The third-order valence-electron chi connectivity index (χ3n) is 3.60. The Balaban J connectivity index is 1.79. The third kappa shape index (κ3) is 4.00. The van der Waals surface area contributed by atoms with Crippen LogP contribution in [0.15, 0.2) is 24.3 Å². The fourth-order valence-electron chi connectivity index (χ4n) is 2.49. The number of hydrogen-bond donors (Lipinski definition) is 1. The number of likely N-dealkylation sites (N-methyl/N-ethyl adjacent to an activating group) is 1. The van der Waals surface area contributed by atoms with Gasteiger partial charge in [-0.1, -0.05) is 19.1 Å². The van der Waals surface area contributed by atoms with E-state index in [9.17, 15) is 0 Å². The first-order chi connectivity index (χ1) is 8.78. The molecule has 3 nitrogen and oxygen atoms in total. The van der Waals surface area contributed by atoms with Crippen LogP contribution in [0.3, 0.4) is 0 Å². The molecule has 0 amide bonds. The van der Waals surface area contributed by atoms with Crippen LogP contribution in [0.4, 0.5) is 5.69 Å². The van der Waals surface area contributed by atoms with E-state index in [1.165, 1.54) is 18.4 Å². The van der Waals surface area contributed by atoms with Crippen molar-refractivity contribution in [1.82, 2.24) is 4.90 Å². The molecule has 1 aliphatic rings. The standard InChI is InChI=1S/C15H24N2O/c1-2-17(12-15-7-4-10-18-15)9-8-13-5-3-6-14(16)11-13/h3,5-6,11,15H,2,4,7-10,12,16H2,1H3. The van der Waals surface area contributed by atoms with Crippen molar-refractivity contribution in [2.45, 2.75) is 32.3 Å². The second-order valence-corrected chi connectivity index (χ2v) is 5.02. The van der Waals surface area contributed by atoms with Crippen LogP contribution < -0.4 is 5.73 Å². The molecule has 2 N–H and O–H groups in total. The summed E-state index contributed by atoms with van der Waals surface area (Å²) in [4.78, 5) is 2.47. The van der Waals surface area contributed by atoms with E-state index in [0.29, 0.717) is 6.10 Å². The van der Waals surface area contributed by atoms with E-state index in [0.717, 1.165) is 38.3 Å². The first-order valence-corrected chi connectivity index (χ1v) is 6.96. The number of hydrogen-bond acceptors (Lipinski definition) is 3. The predicted octanol–water partition coefficient (Wildman–Crippen LogP) is 2.31. The molecule has 1 aromatic carbocycles. The van der Waals surface area contributed by atoms with Gasteiger partial charge in [-0.3, -0.25) is 0 Å². The topological polar surface area (TPSA) is 38.5 Å². The van der Waals surface area contributed by atoms with Gasteiger partial charge in [0.2, 0.25) is 0 Å². The van der Waals surface area contributed by atoms with Crippen molar-refractivity contribution in [3.05, 3.63) is 29.8 Å². The Morgan fingerprint density at radius 2 is 2.33 bits per heavy atom. The van der Waals surface area contributed by atoms with Crippen LogP contribution in [0.25, 0.3) is 0 Å². The van der Waals surface area contributed by atoms with Crippen LogP contribution in [0.2, 0.25) is 0 Å². The van der Waals surface area contributed by atoms with E-state index in [1.807, 2.05) is 12.1 Å². The Morgan fingerprint density at radius 3 is 3.00 bits per heavy atom. The summed E-state index contributed by atoms with van der Waals surface area (Å²) in [6.45, 7) is 6.40. The minimum Gasteiger partial charge on any atom is -0.399 e. The van der Waals surface area contributed by atoms with Crippen molar-refractivity contribution in [3.8, 4) is 0 Å². The lowest BCUT2D eigenvalue weighted by molar-refractivity contribution is 0.0752. The van der Waals surface area contributed by atoms with Crippen molar-refractivity contribution >= 4 is 5.69 Å². The summed E-state index contributed by atoms with van der Waals surface area (Å²) in [5.74, 6) is 0. The first-order valence-electron chi connectivity index (χ1n) is 6.96. The SMILES string of the molecule is CCN(CCc1cccc(N)c1)CC1CCCO1. The van der Waals surface area contributed by atoms with E-state index in [2.05, 4.69) is 24.0 Å². The van der Waals surface area contributed by atoms with Gasteiger partial charge in [0.1, 0.15) is 0 Å². The highest BCUT2D eigenvalue weighted by molar-refractivity contribution is 5.40. The second-order valence-electron chi connectivity index (χ2n) is 5.02. The van der Waals surface area contributed by atoms with Crippen molar-refractivity contribution in [2.75, 3.05) is 32.0 Å². The summed E-state index contributed by atoms with van der Waals surface area (Å²) in [7, 11) is 0. The van der Waals surface area contributed by atoms with Gasteiger partial charge in [-0.05, 0) is 43.5 Å². The monoisotopic (exact) mass is 248 g/mol. The Labute approximate surface area is 110 Å². The lowest BCUT2D eigenvalue weighted by Crippen LogP contribution is -2.33. The molecule has 18 heavy (non-hydrogen) atoms. The average Bonchev–Trinajstić information content (AvgIpc) is 2.87. The Morgan fingerprint density at radius 1 is 1.44 bits per heavy atom. The van der Waals surface area contributed by atoms with E-state index in [1.54, 1.807) is 0 Å². The normalized spacial score (nSPS) is 19.6. The molecule has 0 saturated carbocycles. The van der Waals surface area contributed by atoms with Crippen molar-refractivity contribution in [3.63, 3.8) is 0 Å². The van der Waals surface area contributed by atoms with Crippen LogP contribution in [-0.2, 0) is 11.2 Å². The zero-order valence-electron chi connectivity index (χ0n) is 11.3. The molecule has 1 atom stereocenters. The van der Waals surface area contributed by atoms with Gasteiger partial charge in [0.25, 0.3) is 0 Å². The highest BCUT2D eigenvalue weighted by Gasteiger charge is 2.18. The number of nitrogen functional groups attached to an aromatic ring is 1. The third-order valence-corrected chi connectivity index (χ3v) is 3.60. The molecule has 1 aromatic rings. The van der Waals surface area contributed by atoms with Crippen LogP contribution in [0.1, 0.15) is 25.3 Å². The van der Waals surface area contributed by atoms with Crippen LogP contribution in [0, 0.1) is 0 Å². The van der Waals surface area contributed by atoms with Gasteiger partial charge in [-0.25, -0.2) is 0 Å². The minimum atomic E-state index is 0.450. The summed E-state index contributed by atoms with van der Waals surface area (Å²) in [5, 5.41) is 0. The molecular weight excluding hydrogens is 224 g/mol. The summed E-state index contributed by atoms with van der Waals surface area (Å²) in [6.07, 6.45) is 3.95. The molecule has 1 unspecified atom stereocenters. The van der Waals surface area contributed by atoms with E-state index in [-0.39, 0.29) is 0 Å². The first kappa shape index (κ1) is 13.4. The summed E-state index contributed by atoms with van der Waals surface area (Å²) in [6, 6.07) is 8.19. The number of nitrogens with zero attached hydrogens (tertiary/aromatic N) is 1. The Kier molecular flexibility index (Phi) is 5.02. The van der Waals surface area contributed by atoms with Gasteiger partial charge < -0.3 is 15.4 Å². The largest absolute Gasteiger partial charge is 0.399 e. The molecule has 1 saturated heterocycles. The van der Waals surface area contributed by atoms with E-state index in [4.69, 9.17) is 10.5 Å². The van der Waals surface area contributed by atoms with Crippen LogP contribution in [0.5, 0.6) is 0 Å². The Bertz CT molecular complexity index is 361. The average molecular weight is 248 g/mol. The molecule has 0 radical (unpaired) electrons. The fraction of sp³-hybridized carbons (Fsp3) is 0.600. The smallest absolute Gasteiger partial charge is 0.0702 e. The minimum absolute atomic E-state index is 0.450. The molecule has 3 heteroatoms. The molecular formula is C15H24N2O. The van der Waals surface area contributed by atoms with Gasteiger partial charge in [-0.2, -0.15) is 0 Å². The maximum atomic E-state index is 5.80. The number of nitrogens with two attached hydrogens (primary N) is 1. The molecule has 0 aromatic heterocycles. The van der Waals surface area contributed by atoms with E-state index >= 15 is 0 Å². The molecule has 0 bridgehead atoms. The summed E-state index contributed by atoms with van der Waals surface area (Å²) >= 11 is 0. The van der Waals surface area contributed by atoms with Crippen LogP contribution >= 0.6 is 0 Å². The maximum Gasteiger partial charge on any atom is 0.0702 e. The molecule has 0 aliphatic carbocycles. The number of benzene rings is 1. The lowest BCUT2D eigenvalue weighted by atomic mass is 10.1. The van der Waals surface area contributed by atoms with Gasteiger partial charge >= 0.3 is 0 Å². The number of ether oxygens (including phenoxy) is 1. The predicted molar refractivity (Wildman–Crippen MR) is 75.6 cm³/mol. The quantitative estimate of drug-likeness (QED) is 0.785. The van der Waals surface area contributed by atoms with E-state index < -0.39 is 0 Å². The summed E-state index contributed by atoms with van der Waals surface area (Å²) in [5.41, 5.74) is 7.97. The highest BCUT2D eigenvalue weighted by Crippen LogP contribution is 2.14. The van der Waals surface area contributed by atoms with Crippen molar-refractivity contribution in [2.24, 2.45) is 0 Å². The van der Waals surface area contributed by atoms with Gasteiger partial charge in [0.05, 0.1) is 6.10 Å². The molecule has 1 aliphatic heterocycles. The number of rotatable bonds is 6. The van der Waals surface area contributed by atoms with Crippen molar-refractivity contribution in [1.29, 1.82) is 0 Å². The highest BCUT2D eigenvalue weighted by atomic mass is 16.5. The Hall–Kier alpha value is -1.06. The zero-order chi connectivity index (χ0) is 12.8.